The maximum Gasteiger partial charge on any atom is 0.280 e. The fourth-order valence-corrected chi connectivity index (χ4v) is 2.54. The van der Waals surface area contributed by atoms with Gasteiger partial charge >= 0.3 is 0 Å². The van der Waals surface area contributed by atoms with Crippen LogP contribution in [0, 0.1) is 0 Å². The summed E-state index contributed by atoms with van der Waals surface area (Å²) in [6.07, 6.45) is 1.73. The molecule has 0 saturated carbocycles. The summed E-state index contributed by atoms with van der Waals surface area (Å²) < 4.78 is 25.6. The second-order valence-corrected chi connectivity index (χ2v) is 5.51. The predicted molar refractivity (Wildman–Crippen MR) is 85.7 cm³/mol. The van der Waals surface area contributed by atoms with Gasteiger partial charge in [-0.2, -0.15) is 0 Å². The van der Waals surface area contributed by atoms with Gasteiger partial charge < -0.3 is 9.80 Å². The number of nitrogens with zero attached hydrogens (tertiary/aromatic N) is 5. The smallest absolute Gasteiger partial charge is 0.280 e. The van der Waals surface area contributed by atoms with E-state index in [1.165, 1.54) is 0 Å². The minimum Gasteiger partial charge on any atom is -0.339 e. The lowest BCUT2D eigenvalue weighted by molar-refractivity contribution is 0.146. The van der Waals surface area contributed by atoms with Crippen LogP contribution in [0.4, 0.5) is 20.7 Å². The number of rotatable bonds is 4. The molecule has 1 aliphatic rings. The van der Waals surface area contributed by atoms with Gasteiger partial charge in [0.15, 0.2) is 0 Å². The van der Waals surface area contributed by atoms with Crippen molar-refractivity contribution in [2.45, 2.75) is 19.8 Å². The monoisotopic (exact) mass is 336 g/mol. The zero-order chi connectivity index (χ0) is 17.1. The van der Waals surface area contributed by atoms with Crippen molar-refractivity contribution in [2.75, 3.05) is 36.0 Å². The Hall–Kier alpha value is -2.58. The third-order valence-electron chi connectivity index (χ3n) is 3.93. The minimum absolute atomic E-state index is 0.180. The highest BCUT2D eigenvalue weighted by molar-refractivity contribution is 5.38. The van der Waals surface area contributed by atoms with E-state index in [9.17, 15) is 13.6 Å². The molecular weight excluding hydrogens is 318 g/mol. The van der Waals surface area contributed by atoms with E-state index in [2.05, 4.69) is 19.9 Å². The molecule has 1 aliphatic heterocycles. The van der Waals surface area contributed by atoms with E-state index in [-0.39, 0.29) is 5.95 Å². The van der Waals surface area contributed by atoms with E-state index in [1.807, 2.05) is 11.8 Å². The highest BCUT2D eigenvalue weighted by Crippen LogP contribution is 2.18. The highest BCUT2D eigenvalue weighted by Gasteiger charge is 2.22. The largest absolute Gasteiger partial charge is 0.339 e. The van der Waals surface area contributed by atoms with Crippen LogP contribution in [0.25, 0.3) is 0 Å². The normalized spacial score (nSPS) is 15.2. The summed E-state index contributed by atoms with van der Waals surface area (Å²) in [5.41, 5.74) is -0.00569. The molecule has 0 aliphatic carbocycles. The molecule has 9 heteroatoms. The Bertz CT molecular complexity index is 740. The standard InChI is InChI=1S/C15H18F2N6O/c1-2-10-8-18-14(19-9-10)22-3-5-23(6-4-22)15-20-11(13(16)17)7-12(24)21-15/h7-9,13H,2-6H2,1H3,(H,20,21,24). The van der Waals surface area contributed by atoms with E-state index in [0.717, 1.165) is 18.1 Å². The van der Waals surface area contributed by atoms with Crippen molar-refractivity contribution in [3.8, 4) is 0 Å². The van der Waals surface area contributed by atoms with Crippen molar-refractivity contribution in [1.29, 1.82) is 0 Å². The molecule has 0 bridgehead atoms. The fourth-order valence-electron chi connectivity index (χ4n) is 2.54. The van der Waals surface area contributed by atoms with Crippen molar-refractivity contribution in [3.05, 3.63) is 40.1 Å². The summed E-state index contributed by atoms with van der Waals surface area (Å²) in [5, 5.41) is 0. The molecule has 3 rings (SSSR count). The molecule has 3 heterocycles. The molecule has 24 heavy (non-hydrogen) atoms. The number of aromatic amines is 1. The van der Waals surface area contributed by atoms with E-state index >= 15 is 0 Å². The van der Waals surface area contributed by atoms with Gasteiger partial charge in [-0.15, -0.1) is 0 Å². The van der Waals surface area contributed by atoms with E-state index in [4.69, 9.17) is 0 Å². The zero-order valence-corrected chi connectivity index (χ0v) is 13.2. The van der Waals surface area contributed by atoms with Crippen LogP contribution >= 0.6 is 0 Å². The maximum atomic E-state index is 12.8. The molecule has 0 spiro atoms. The summed E-state index contributed by atoms with van der Waals surface area (Å²) in [5.74, 6) is 0.828. The number of anilines is 2. The van der Waals surface area contributed by atoms with Crippen LogP contribution in [0.3, 0.4) is 0 Å². The SMILES string of the molecule is CCc1cnc(N2CCN(c3nc(C(F)F)cc(=O)[nH]3)CC2)nc1. The third-order valence-corrected chi connectivity index (χ3v) is 3.93. The Morgan fingerprint density at radius 2 is 1.79 bits per heavy atom. The molecule has 0 unspecified atom stereocenters. The lowest BCUT2D eigenvalue weighted by atomic mass is 10.3. The molecule has 1 fully saturated rings. The van der Waals surface area contributed by atoms with Gasteiger partial charge in [0.05, 0.1) is 0 Å². The van der Waals surface area contributed by atoms with Gasteiger partial charge in [-0.3, -0.25) is 9.78 Å². The molecule has 0 aromatic carbocycles. The van der Waals surface area contributed by atoms with Crippen LogP contribution in [-0.4, -0.2) is 46.1 Å². The average Bonchev–Trinajstić information content (AvgIpc) is 2.61. The topological polar surface area (TPSA) is 78.0 Å². The summed E-state index contributed by atoms with van der Waals surface area (Å²) >= 11 is 0. The number of hydrogen-bond acceptors (Lipinski definition) is 6. The first-order valence-corrected chi connectivity index (χ1v) is 7.77. The summed E-state index contributed by atoms with van der Waals surface area (Å²) in [6, 6.07) is 0.827. The first-order valence-electron chi connectivity index (χ1n) is 7.77. The van der Waals surface area contributed by atoms with Crippen LogP contribution in [0.15, 0.2) is 23.3 Å². The van der Waals surface area contributed by atoms with E-state index in [1.54, 1.807) is 17.3 Å². The summed E-state index contributed by atoms with van der Waals surface area (Å²) in [7, 11) is 0. The van der Waals surface area contributed by atoms with Crippen LogP contribution in [-0.2, 0) is 6.42 Å². The summed E-state index contributed by atoms with van der Waals surface area (Å²) in [4.78, 5) is 30.4. The van der Waals surface area contributed by atoms with Gasteiger partial charge in [0.25, 0.3) is 12.0 Å². The van der Waals surface area contributed by atoms with Crippen LogP contribution in [0.2, 0.25) is 0 Å². The number of nitrogens with one attached hydrogen (secondary N) is 1. The van der Waals surface area contributed by atoms with E-state index in [0.29, 0.717) is 32.1 Å². The van der Waals surface area contributed by atoms with Crippen molar-refractivity contribution >= 4 is 11.9 Å². The average molecular weight is 336 g/mol. The van der Waals surface area contributed by atoms with Gasteiger partial charge in [0, 0.05) is 44.6 Å². The zero-order valence-electron chi connectivity index (χ0n) is 13.2. The molecule has 2 aromatic heterocycles. The number of alkyl halides is 2. The Kier molecular flexibility index (Phi) is 4.68. The molecule has 0 amide bonds. The Morgan fingerprint density at radius 3 is 2.38 bits per heavy atom. The van der Waals surface area contributed by atoms with Crippen molar-refractivity contribution < 1.29 is 8.78 Å². The Morgan fingerprint density at radius 1 is 1.17 bits per heavy atom. The molecule has 1 saturated heterocycles. The summed E-state index contributed by atoms with van der Waals surface area (Å²) in [6.45, 7) is 4.35. The van der Waals surface area contributed by atoms with Gasteiger partial charge in [0.1, 0.15) is 5.69 Å². The van der Waals surface area contributed by atoms with Gasteiger partial charge in [0.2, 0.25) is 11.9 Å². The second kappa shape index (κ2) is 6.90. The number of piperazine rings is 1. The van der Waals surface area contributed by atoms with Crippen molar-refractivity contribution in [1.82, 2.24) is 19.9 Å². The molecule has 0 atom stereocenters. The number of H-pyrrole nitrogens is 1. The van der Waals surface area contributed by atoms with Crippen molar-refractivity contribution in [3.63, 3.8) is 0 Å². The maximum absolute atomic E-state index is 12.8. The predicted octanol–water partition coefficient (Wildman–Crippen LogP) is 1.39. The third kappa shape index (κ3) is 3.50. The quantitative estimate of drug-likeness (QED) is 0.909. The van der Waals surface area contributed by atoms with Crippen molar-refractivity contribution in [2.24, 2.45) is 0 Å². The van der Waals surface area contributed by atoms with Gasteiger partial charge in [-0.05, 0) is 12.0 Å². The number of halogens is 2. The Balaban J connectivity index is 1.69. The van der Waals surface area contributed by atoms with E-state index < -0.39 is 17.7 Å². The number of hydrogen-bond donors (Lipinski definition) is 1. The fraction of sp³-hybridized carbons (Fsp3) is 0.467. The molecule has 1 N–H and O–H groups in total. The highest BCUT2D eigenvalue weighted by atomic mass is 19.3. The van der Waals surface area contributed by atoms with Crippen LogP contribution in [0.5, 0.6) is 0 Å². The first-order chi connectivity index (χ1) is 11.6. The molecule has 2 aromatic rings. The number of aryl methyl sites for hydroxylation is 1. The van der Waals surface area contributed by atoms with Crippen LogP contribution in [0.1, 0.15) is 24.6 Å². The van der Waals surface area contributed by atoms with Gasteiger partial charge in [-0.1, -0.05) is 6.92 Å². The first kappa shape index (κ1) is 16.3. The van der Waals surface area contributed by atoms with Gasteiger partial charge in [-0.25, -0.2) is 23.7 Å². The molecule has 0 radical (unpaired) electrons. The lowest BCUT2D eigenvalue weighted by Gasteiger charge is -2.35. The molecule has 128 valence electrons. The molecule has 7 nitrogen and oxygen atoms in total. The number of aromatic nitrogens is 4. The second-order valence-electron chi connectivity index (χ2n) is 5.51. The lowest BCUT2D eigenvalue weighted by Crippen LogP contribution is -2.48. The Labute approximate surface area is 137 Å². The van der Waals surface area contributed by atoms with Crippen LogP contribution < -0.4 is 15.4 Å². The minimum atomic E-state index is -2.77. The molecular formula is C15H18F2N6O.